The van der Waals surface area contributed by atoms with Gasteiger partial charge >= 0.3 is 0 Å². The summed E-state index contributed by atoms with van der Waals surface area (Å²) in [5.74, 6) is -0.425. The van der Waals surface area contributed by atoms with Crippen LogP contribution in [0.15, 0.2) is 73.3 Å². The van der Waals surface area contributed by atoms with Crippen LogP contribution in [0.4, 0.5) is 0 Å². The first-order valence-corrected chi connectivity index (χ1v) is 14.0. The Morgan fingerprint density at radius 1 is 0.938 bits per heavy atom. The molecule has 32 heavy (non-hydrogen) atoms. The van der Waals surface area contributed by atoms with Gasteiger partial charge in [-0.25, -0.2) is 0 Å². The smallest absolute Gasteiger partial charge is 0.261 e. The molecule has 2 saturated heterocycles. The molecule has 2 fully saturated rings. The van der Waals surface area contributed by atoms with Crippen molar-refractivity contribution >= 4 is 18.7 Å². The summed E-state index contributed by atoms with van der Waals surface area (Å²) < 4.78 is 20.1. The van der Waals surface area contributed by atoms with Crippen molar-refractivity contribution in [1.82, 2.24) is 0 Å². The number of hydrogen-bond acceptors (Lipinski definition) is 3. The largest absolute Gasteiger partial charge is 0.405 e. The third kappa shape index (κ3) is 4.65. The molecule has 2 aromatic rings. The fourth-order valence-electron chi connectivity index (χ4n) is 5.54. The summed E-state index contributed by atoms with van der Waals surface area (Å²) in [5, 5.41) is 2.60. The zero-order chi connectivity index (χ0) is 22.7. The van der Waals surface area contributed by atoms with E-state index in [1.54, 1.807) is 0 Å². The first-order chi connectivity index (χ1) is 15.4. The SMILES string of the molecule is C=CC[C@H]1CC[C@]2(CCC[C@@H](CO[Si](c3ccccc3)(c3ccccc3)C(C)(C)C)O2)O1. The van der Waals surface area contributed by atoms with Crippen molar-refractivity contribution in [3.8, 4) is 0 Å². The normalized spacial score (nSPS) is 26.3. The van der Waals surface area contributed by atoms with E-state index in [-0.39, 0.29) is 17.2 Å². The average Bonchev–Trinajstić information content (AvgIpc) is 3.16. The van der Waals surface area contributed by atoms with Crippen LogP contribution in [0.1, 0.15) is 59.3 Å². The van der Waals surface area contributed by atoms with Gasteiger partial charge in [0.05, 0.1) is 18.8 Å². The summed E-state index contributed by atoms with van der Waals surface area (Å²) in [4.78, 5) is 0. The molecule has 0 bridgehead atoms. The molecule has 2 aliphatic rings. The second kappa shape index (κ2) is 9.64. The molecule has 0 aliphatic carbocycles. The summed E-state index contributed by atoms with van der Waals surface area (Å²) >= 11 is 0. The highest BCUT2D eigenvalue weighted by Crippen LogP contribution is 2.42. The minimum atomic E-state index is -2.54. The van der Waals surface area contributed by atoms with Crippen LogP contribution in [0, 0.1) is 0 Å². The molecule has 3 nitrogen and oxygen atoms in total. The van der Waals surface area contributed by atoms with Gasteiger partial charge in [-0.1, -0.05) is 87.5 Å². The summed E-state index contributed by atoms with van der Waals surface area (Å²) in [6, 6.07) is 21.7. The third-order valence-electron chi connectivity index (χ3n) is 7.03. The van der Waals surface area contributed by atoms with Crippen molar-refractivity contribution in [2.45, 2.75) is 82.3 Å². The van der Waals surface area contributed by atoms with Gasteiger partial charge in [-0.2, -0.15) is 0 Å². The standard InChI is InChI=1S/C28H38O3Si/c1-5-13-23-19-21-28(30-23)20-12-14-24(31-28)22-29-32(27(2,3)4,25-15-8-6-9-16-25)26-17-10-7-11-18-26/h5-11,15-18,23-24H,1,12-14,19-22H2,2-4H3/t23-,24-,28+/m0/s1. The number of hydrogen-bond donors (Lipinski definition) is 0. The van der Waals surface area contributed by atoms with E-state index in [0.29, 0.717) is 6.61 Å². The molecule has 0 radical (unpaired) electrons. The molecule has 0 amide bonds. The predicted octanol–water partition coefficient (Wildman–Crippen LogP) is 5.58. The van der Waals surface area contributed by atoms with Gasteiger partial charge in [0.1, 0.15) is 0 Å². The van der Waals surface area contributed by atoms with Gasteiger partial charge in [0.2, 0.25) is 0 Å². The van der Waals surface area contributed by atoms with Crippen molar-refractivity contribution < 1.29 is 13.9 Å². The summed E-state index contributed by atoms with van der Waals surface area (Å²) in [5.41, 5.74) is 0. The van der Waals surface area contributed by atoms with Crippen LogP contribution in [-0.2, 0) is 13.9 Å². The molecule has 1 spiro atoms. The van der Waals surface area contributed by atoms with E-state index in [9.17, 15) is 0 Å². The van der Waals surface area contributed by atoms with Gasteiger partial charge in [0, 0.05) is 12.8 Å². The van der Waals surface area contributed by atoms with Crippen molar-refractivity contribution in [2.24, 2.45) is 0 Å². The van der Waals surface area contributed by atoms with Crippen molar-refractivity contribution in [3.63, 3.8) is 0 Å². The molecule has 0 saturated carbocycles. The second-order valence-corrected chi connectivity index (χ2v) is 14.6. The molecule has 0 N–H and O–H groups in total. The van der Waals surface area contributed by atoms with Crippen molar-refractivity contribution in [1.29, 1.82) is 0 Å². The van der Waals surface area contributed by atoms with Gasteiger partial charge in [-0.15, -0.1) is 6.58 Å². The maximum Gasteiger partial charge on any atom is 0.261 e. The Morgan fingerprint density at radius 2 is 1.53 bits per heavy atom. The monoisotopic (exact) mass is 450 g/mol. The maximum atomic E-state index is 7.13. The lowest BCUT2D eigenvalue weighted by Gasteiger charge is -2.45. The molecule has 2 aliphatic heterocycles. The average molecular weight is 451 g/mol. The fraction of sp³-hybridized carbons (Fsp3) is 0.500. The molecule has 4 heteroatoms. The van der Waals surface area contributed by atoms with Gasteiger partial charge in [-0.3, -0.25) is 0 Å². The summed E-state index contributed by atoms with van der Waals surface area (Å²) in [7, 11) is -2.54. The lowest BCUT2D eigenvalue weighted by molar-refractivity contribution is -0.273. The van der Waals surface area contributed by atoms with E-state index < -0.39 is 14.1 Å². The van der Waals surface area contributed by atoms with E-state index in [1.165, 1.54) is 10.4 Å². The number of benzene rings is 2. The maximum absolute atomic E-state index is 7.13. The van der Waals surface area contributed by atoms with Gasteiger partial charge in [0.25, 0.3) is 8.32 Å². The molecule has 172 valence electrons. The van der Waals surface area contributed by atoms with Crippen LogP contribution in [0.3, 0.4) is 0 Å². The Bertz CT molecular complexity index is 837. The minimum absolute atomic E-state index is 0.0268. The van der Waals surface area contributed by atoms with Crippen LogP contribution in [0.2, 0.25) is 5.04 Å². The lowest BCUT2D eigenvalue weighted by atomic mass is 9.99. The van der Waals surface area contributed by atoms with Crippen molar-refractivity contribution in [2.75, 3.05) is 6.61 Å². The Morgan fingerprint density at radius 3 is 2.09 bits per heavy atom. The lowest BCUT2D eigenvalue weighted by Crippen LogP contribution is -2.67. The Labute approximate surface area is 194 Å². The zero-order valence-corrected chi connectivity index (χ0v) is 20.9. The fourth-order valence-corrected chi connectivity index (χ4v) is 10.1. The molecule has 0 unspecified atom stereocenters. The van der Waals surface area contributed by atoms with Gasteiger partial charge in [0.15, 0.2) is 5.79 Å². The first kappa shape index (κ1) is 23.4. The Kier molecular flexibility index (Phi) is 7.06. The van der Waals surface area contributed by atoms with Crippen LogP contribution in [0.5, 0.6) is 0 Å². The summed E-state index contributed by atoms with van der Waals surface area (Å²) in [6.07, 6.45) is 8.30. The highest BCUT2D eigenvalue weighted by atomic mass is 28.4. The number of rotatable bonds is 7. The van der Waals surface area contributed by atoms with Gasteiger partial charge < -0.3 is 13.9 Å². The zero-order valence-electron chi connectivity index (χ0n) is 19.9. The molecule has 3 atom stereocenters. The van der Waals surface area contributed by atoms with Crippen LogP contribution in [0.25, 0.3) is 0 Å². The van der Waals surface area contributed by atoms with E-state index in [2.05, 4.69) is 88.0 Å². The molecule has 4 rings (SSSR count). The quantitative estimate of drug-likeness (QED) is 0.407. The minimum Gasteiger partial charge on any atom is -0.405 e. The molecular formula is C28H38O3Si. The third-order valence-corrected chi connectivity index (χ3v) is 12.0. The highest BCUT2D eigenvalue weighted by Gasteiger charge is 2.51. The second-order valence-electron chi connectivity index (χ2n) is 10.3. The van der Waals surface area contributed by atoms with E-state index in [4.69, 9.17) is 13.9 Å². The van der Waals surface area contributed by atoms with Crippen molar-refractivity contribution in [3.05, 3.63) is 73.3 Å². The van der Waals surface area contributed by atoms with E-state index in [0.717, 1.165) is 38.5 Å². The Balaban J connectivity index is 1.59. The topological polar surface area (TPSA) is 27.7 Å². The van der Waals surface area contributed by atoms with Gasteiger partial charge in [-0.05, 0) is 41.1 Å². The van der Waals surface area contributed by atoms with Crippen LogP contribution in [-0.4, -0.2) is 32.9 Å². The Hall–Kier alpha value is -1.72. The molecule has 2 heterocycles. The highest BCUT2D eigenvalue weighted by molar-refractivity contribution is 6.99. The molecule has 0 aromatic heterocycles. The van der Waals surface area contributed by atoms with E-state index >= 15 is 0 Å². The molecular weight excluding hydrogens is 412 g/mol. The van der Waals surface area contributed by atoms with Crippen LogP contribution >= 0.6 is 0 Å². The molecule has 2 aromatic carbocycles. The number of ether oxygens (including phenoxy) is 2. The van der Waals surface area contributed by atoms with Crippen LogP contribution < -0.4 is 10.4 Å². The first-order valence-electron chi connectivity index (χ1n) is 12.1. The summed E-state index contributed by atoms with van der Waals surface area (Å²) in [6.45, 7) is 11.4. The predicted molar refractivity (Wildman–Crippen MR) is 134 cm³/mol. The van der Waals surface area contributed by atoms with E-state index in [1.807, 2.05) is 6.08 Å².